The van der Waals surface area contributed by atoms with Gasteiger partial charge in [0.25, 0.3) is 5.91 Å². The molecule has 0 unspecified atom stereocenters. The molecule has 1 aliphatic rings. The number of hydrogen-bond acceptors (Lipinski definition) is 3. The molecule has 1 aromatic carbocycles. The lowest BCUT2D eigenvalue weighted by Crippen LogP contribution is -2.30. The van der Waals surface area contributed by atoms with Crippen LogP contribution in [0.1, 0.15) is 5.76 Å². The van der Waals surface area contributed by atoms with E-state index in [1.165, 1.54) is 4.90 Å². The van der Waals surface area contributed by atoms with Crippen molar-refractivity contribution >= 4 is 52.5 Å². The number of carbonyl (C=O) groups is 1. The molecule has 4 nitrogen and oxygen atoms in total. The van der Waals surface area contributed by atoms with Gasteiger partial charge in [-0.15, -0.1) is 6.58 Å². The first kappa shape index (κ1) is 16.8. The molecular formula is C17H12Cl2N2O2S. The van der Waals surface area contributed by atoms with E-state index >= 15 is 0 Å². The van der Waals surface area contributed by atoms with E-state index in [2.05, 4.69) is 11.9 Å². The van der Waals surface area contributed by atoms with Gasteiger partial charge in [0.15, 0.2) is 5.11 Å². The number of benzene rings is 1. The Morgan fingerprint density at radius 1 is 1.25 bits per heavy atom. The molecule has 2 aromatic rings. The average molecular weight is 379 g/mol. The molecule has 0 radical (unpaired) electrons. The van der Waals surface area contributed by atoms with Gasteiger partial charge in [-0.3, -0.25) is 9.69 Å². The minimum atomic E-state index is -0.215. The monoisotopic (exact) mass is 378 g/mol. The fourth-order valence-corrected chi connectivity index (χ4v) is 2.81. The van der Waals surface area contributed by atoms with Crippen molar-refractivity contribution in [1.82, 2.24) is 10.2 Å². The number of thiocarbonyl (C=S) groups is 1. The van der Waals surface area contributed by atoms with Crippen molar-refractivity contribution in [2.75, 3.05) is 6.54 Å². The molecule has 2 heterocycles. The second-order valence-corrected chi connectivity index (χ2v) is 6.22. The van der Waals surface area contributed by atoms with Crippen LogP contribution in [0.4, 0.5) is 0 Å². The zero-order chi connectivity index (χ0) is 17.3. The summed E-state index contributed by atoms with van der Waals surface area (Å²) in [6.07, 6.45) is 3.23. The molecule has 1 saturated heterocycles. The van der Waals surface area contributed by atoms with Gasteiger partial charge in [0.05, 0.1) is 10.0 Å². The largest absolute Gasteiger partial charge is 0.457 e. The highest BCUT2D eigenvalue weighted by molar-refractivity contribution is 7.80. The molecule has 0 aliphatic carbocycles. The van der Waals surface area contributed by atoms with Gasteiger partial charge in [-0.25, -0.2) is 0 Å². The maximum atomic E-state index is 12.3. The Balaban J connectivity index is 1.86. The number of amides is 1. The summed E-state index contributed by atoms with van der Waals surface area (Å²) in [6.45, 7) is 3.97. The van der Waals surface area contributed by atoms with Crippen molar-refractivity contribution in [2.24, 2.45) is 0 Å². The second kappa shape index (κ2) is 6.81. The molecule has 1 aliphatic heterocycles. The molecule has 1 N–H and O–H groups in total. The minimum absolute atomic E-state index is 0.215. The quantitative estimate of drug-likeness (QED) is 0.483. The Hall–Kier alpha value is -2.08. The van der Waals surface area contributed by atoms with E-state index in [0.717, 1.165) is 5.56 Å². The first-order chi connectivity index (χ1) is 11.5. The number of nitrogens with zero attached hydrogens (tertiary/aromatic N) is 1. The lowest BCUT2D eigenvalue weighted by molar-refractivity contribution is -0.122. The SMILES string of the molecule is C=CCN1C(=O)C(=Cc2ccc(-c3ccc(Cl)c(Cl)c3)o2)NC1=S. The summed E-state index contributed by atoms with van der Waals surface area (Å²) < 4.78 is 5.75. The molecule has 3 rings (SSSR count). The van der Waals surface area contributed by atoms with E-state index < -0.39 is 0 Å². The van der Waals surface area contributed by atoms with Gasteiger partial charge in [-0.05, 0) is 42.5 Å². The first-order valence-corrected chi connectivity index (χ1v) is 8.16. The third kappa shape index (κ3) is 3.24. The number of rotatable bonds is 4. The van der Waals surface area contributed by atoms with Crippen LogP contribution in [0, 0.1) is 0 Å². The van der Waals surface area contributed by atoms with Crippen LogP contribution >= 0.6 is 35.4 Å². The molecule has 1 amide bonds. The van der Waals surface area contributed by atoms with Gasteiger partial charge < -0.3 is 9.73 Å². The Bertz CT molecular complexity index is 873. The summed E-state index contributed by atoms with van der Waals surface area (Å²) in [7, 11) is 0. The molecule has 0 bridgehead atoms. The number of hydrogen-bond donors (Lipinski definition) is 1. The average Bonchev–Trinajstić information content (AvgIpc) is 3.11. The predicted molar refractivity (Wildman–Crippen MR) is 99.8 cm³/mol. The molecule has 0 spiro atoms. The smallest absolute Gasteiger partial charge is 0.276 e. The van der Waals surface area contributed by atoms with Crippen LogP contribution in [0.25, 0.3) is 17.4 Å². The summed E-state index contributed by atoms with van der Waals surface area (Å²) >= 11 is 17.1. The van der Waals surface area contributed by atoms with Gasteiger partial charge >= 0.3 is 0 Å². The van der Waals surface area contributed by atoms with Crippen LogP contribution in [-0.2, 0) is 4.79 Å². The van der Waals surface area contributed by atoms with Crippen molar-refractivity contribution in [3.8, 4) is 11.3 Å². The van der Waals surface area contributed by atoms with Crippen LogP contribution in [0.3, 0.4) is 0 Å². The normalized spacial score (nSPS) is 15.9. The maximum Gasteiger partial charge on any atom is 0.276 e. The van der Waals surface area contributed by atoms with Crippen LogP contribution in [0.2, 0.25) is 10.0 Å². The zero-order valence-electron chi connectivity index (χ0n) is 12.4. The molecule has 1 fully saturated rings. The van der Waals surface area contributed by atoms with Gasteiger partial charge in [0.1, 0.15) is 17.2 Å². The Kier molecular flexibility index (Phi) is 4.76. The number of furan rings is 1. The van der Waals surface area contributed by atoms with E-state index in [4.69, 9.17) is 39.8 Å². The van der Waals surface area contributed by atoms with Crippen molar-refractivity contribution in [1.29, 1.82) is 0 Å². The molecule has 7 heteroatoms. The highest BCUT2D eigenvalue weighted by Gasteiger charge is 2.29. The Morgan fingerprint density at radius 3 is 2.75 bits per heavy atom. The summed E-state index contributed by atoms with van der Waals surface area (Å²) in [5, 5.41) is 4.15. The van der Waals surface area contributed by atoms with E-state index in [0.29, 0.717) is 38.9 Å². The van der Waals surface area contributed by atoms with Gasteiger partial charge in [-0.2, -0.15) is 0 Å². The fourth-order valence-electron chi connectivity index (χ4n) is 2.24. The summed E-state index contributed by atoms with van der Waals surface area (Å²) in [6, 6.07) is 8.79. The molecule has 122 valence electrons. The van der Waals surface area contributed by atoms with Gasteiger partial charge in [0, 0.05) is 18.2 Å². The molecule has 24 heavy (non-hydrogen) atoms. The Labute approximate surface area is 154 Å². The third-order valence-electron chi connectivity index (χ3n) is 3.39. The van der Waals surface area contributed by atoms with Crippen LogP contribution in [-0.4, -0.2) is 22.5 Å². The highest BCUT2D eigenvalue weighted by atomic mass is 35.5. The van der Waals surface area contributed by atoms with Gasteiger partial charge in [0.2, 0.25) is 0 Å². The predicted octanol–water partition coefficient (Wildman–Crippen LogP) is 4.50. The van der Waals surface area contributed by atoms with Crippen LogP contribution in [0.15, 0.2) is 53.1 Å². The molecular weight excluding hydrogens is 367 g/mol. The van der Waals surface area contributed by atoms with Gasteiger partial charge in [-0.1, -0.05) is 29.3 Å². The van der Waals surface area contributed by atoms with E-state index in [1.807, 2.05) is 6.07 Å². The van der Waals surface area contributed by atoms with Crippen LogP contribution < -0.4 is 5.32 Å². The molecule has 0 atom stereocenters. The number of halogens is 2. The van der Waals surface area contributed by atoms with Crippen LogP contribution in [0.5, 0.6) is 0 Å². The van der Waals surface area contributed by atoms with Crippen molar-refractivity contribution in [3.05, 3.63) is 64.5 Å². The van der Waals surface area contributed by atoms with E-state index in [1.54, 1.807) is 36.4 Å². The lowest BCUT2D eigenvalue weighted by Gasteiger charge is -2.09. The summed E-state index contributed by atoms with van der Waals surface area (Å²) in [4.78, 5) is 13.7. The van der Waals surface area contributed by atoms with Crippen molar-refractivity contribution < 1.29 is 9.21 Å². The lowest BCUT2D eigenvalue weighted by atomic mass is 10.2. The first-order valence-electron chi connectivity index (χ1n) is 7.00. The van der Waals surface area contributed by atoms with Crippen molar-refractivity contribution in [2.45, 2.75) is 0 Å². The van der Waals surface area contributed by atoms with E-state index in [9.17, 15) is 4.79 Å². The second-order valence-electron chi connectivity index (χ2n) is 5.02. The topological polar surface area (TPSA) is 45.5 Å². The maximum absolute atomic E-state index is 12.3. The molecule has 1 aromatic heterocycles. The third-order valence-corrected chi connectivity index (χ3v) is 4.45. The van der Waals surface area contributed by atoms with Crippen molar-refractivity contribution in [3.63, 3.8) is 0 Å². The fraction of sp³-hybridized carbons (Fsp3) is 0.0588. The summed E-state index contributed by atoms with van der Waals surface area (Å²) in [5.41, 5.74) is 1.15. The highest BCUT2D eigenvalue weighted by Crippen LogP contribution is 2.30. The Morgan fingerprint density at radius 2 is 2.04 bits per heavy atom. The number of nitrogens with one attached hydrogen (secondary N) is 1. The number of carbonyl (C=O) groups excluding carboxylic acids is 1. The summed E-state index contributed by atoms with van der Waals surface area (Å²) in [5.74, 6) is 0.930. The standard InChI is InChI=1S/C17H12Cl2N2O2S/c1-2-7-21-16(22)14(20-17(21)24)9-11-4-6-15(23-11)10-3-5-12(18)13(19)8-10/h2-6,8-9H,1,7H2,(H,20,24). The molecule has 0 saturated carbocycles. The van der Waals surface area contributed by atoms with E-state index in [-0.39, 0.29) is 5.91 Å². The zero-order valence-corrected chi connectivity index (χ0v) is 14.7. The minimum Gasteiger partial charge on any atom is -0.457 e.